The minimum atomic E-state index is 0.942. The fraction of sp³-hybridized carbons (Fsp3) is 0.348. The number of hydrogen-bond donors (Lipinski definition) is 1. The first-order valence-corrected chi connectivity index (χ1v) is 11.1. The van der Waals surface area contributed by atoms with Crippen LogP contribution in [-0.4, -0.2) is 21.5 Å². The van der Waals surface area contributed by atoms with Gasteiger partial charge in [-0.15, -0.1) is 11.3 Å². The second kappa shape index (κ2) is 7.47. The van der Waals surface area contributed by atoms with Crippen molar-refractivity contribution < 1.29 is 0 Å². The molecule has 0 amide bonds. The Labute approximate surface area is 169 Å². The van der Waals surface area contributed by atoms with Crippen molar-refractivity contribution in [3.63, 3.8) is 0 Å². The van der Waals surface area contributed by atoms with E-state index in [-0.39, 0.29) is 0 Å². The predicted molar refractivity (Wildman–Crippen MR) is 118 cm³/mol. The third kappa shape index (κ3) is 2.94. The van der Waals surface area contributed by atoms with E-state index >= 15 is 0 Å². The van der Waals surface area contributed by atoms with Gasteiger partial charge in [0.15, 0.2) is 0 Å². The lowest BCUT2D eigenvalue weighted by Crippen LogP contribution is -2.07. The summed E-state index contributed by atoms with van der Waals surface area (Å²) in [7, 11) is 0. The largest absolute Gasteiger partial charge is 0.369 e. The number of rotatable bonds is 5. The molecule has 4 aromatic rings. The lowest BCUT2D eigenvalue weighted by molar-refractivity contribution is 0.689. The number of thiophene rings is 1. The van der Waals surface area contributed by atoms with Crippen molar-refractivity contribution in [3.05, 3.63) is 47.8 Å². The Morgan fingerprint density at radius 2 is 1.86 bits per heavy atom. The number of anilines is 1. The van der Waals surface area contributed by atoms with Gasteiger partial charge in [-0.2, -0.15) is 0 Å². The predicted octanol–water partition coefficient (Wildman–Crippen LogP) is 6.00. The van der Waals surface area contributed by atoms with Gasteiger partial charge in [-0.3, -0.25) is 0 Å². The summed E-state index contributed by atoms with van der Waals surface area (Å²) >= 11 is 1.73. The summed E-state index contributed by atoms with van der Waals surface area (Å²) in [5.74, 6) is 0.951. The molecule has 0 bridgehead atoms. The topological polar surface area (TPSA) is 50.7 Å². The fourth-order valence-corrected chi connectivity index (χ4v) is 5.33. The Morgan fingerprint density at radius 3 is 2.68 bits per heavy atom. The average molecular weight is 389 g/mol. The summed E-state index contributed by atoms with van der Waals surface area (Å²) < 4.78 is 1.14. The minimum Gasteiger partial charge on any atom is -0.369 e. The van der Waals surface area contributed by atoms with E-state index in [0.29, 0.717) is 0 Å². The van der Waals surface area contributed by atoms with E-state index < -0.39 is 0 Å². The van der Waals surface area contributed by atoms with E-state index in [1.165, 1.54) is 41.3 Å². The first kappa shape index (κ1) is 17.6. The summed E-state index contributed by atoms with van der Waals surface area (Å²) in [4.78, 5) is 15.5. The van der Waals surface area contributed by atoms with Gasteiger partial charge in [0.1, 0.15) is 17.0 Å². The van der Waals surface area contributed by atoms with Gasteiger partial charge in [-0.25, -0.2) is 15.0 Å². The second-order valence-electron chi connectivity index (χ2n) is 7.45. The molecule has 28 heavy (non-hydrogen) atoms. The number of aryl methyl sites for hydroxylation is 1. The molecule has 1 aliphatic carbocycles. The number of benzene rings is 1. The van der Waals surface area contributed by atoms with Crippen LogP contribution in [0.2, 0.25) is 0 Å². The van der Waals surface area contributed by atoms with Crippen LogP contribution in [0.4, 0.5) is 5.82 Å². The highest BCUT2D eigenvalue weighted by molar-refractivity contribution is 7.26. The Morgan fingerprint density at radius 1 is 1.04 bits per heavy atom. The number of unbranched alkanes of at least 4 members (excludes halogenated alkanes) is 1. The molecule has 5 heteroatoms. The second-order valence-corrected chi connectivity index (χ2v) is 8.45. The maximum absolute atomic E-state index is 5.16. The molecule has 0 radical (unpaired) electrons. The van der Waals surface area contributed by atoms with Crippen LogP contribution in [0.15, 0.2) is 36.7 Å². The summed E-state index contributed by atoms with van der Waals surface area (Å²) in [6.07, 6.45) is 8.70. The van der Waals surface area contributed by atoms with Gasteiger partial charge < -0.3 is 5.32 Å². The molecular weight excluding hydrogens is 364 g/mol. The molecule has 0 atom stereocenters. The van der Waals surface area contributed by atoms with Crippen LogP contribution in [0.25, 0.3) is 31.7 Å². The zero-order valence-electron chi connectivity index (χ0n) is 16.2. The van der Waals surface area contributed by atoms with Crippen molar-refractivity contribution in [2.45, 2.75) is 45.4 Å². The molecular formula is C23H24N4S. The molecule has 0 aliphatic heterocycles. The van der Waals surface area contributed by atoms with Gasteiger partial charge in [0.05, 0.1) is 15.9 Å². The molecule has 0 saturated heterocycles. The van der Waals surface area contributed by atoms with Crippen LogP contribution in [0, 0.1) is 0 Å². The smallest absolute Gasteiger partial charge is 0.147 e. The number of pyridine rings is 1. The van der Waals surface area contributed by atoms with Crippen molar-refractivity contribution in [2.75, 3.05) is 11.9 Å². The Bertz CT molecular complexity index is 1130. The number of nitrogens with zero attached hydrogens (tertiary/aromatic N) is 3. The van der Waals surface area contributed by atoms with Gasteiger partial charge in [0.25, 0.3) is 0 Å². The third-order valence-electron chi connectivity index (χ3n) is 5.59. The van der Waals surface area contributed by atoms with E-state index in [4.69, 9.17) is 4.98 Å². The van der Waals surface area contributed by atoms with Crippen molar-refractivity contribution in [1.82, 2.24) is 15.0 Å². The van der Waals surface area contributed by atoms with Gasteiger partial charge >= 0.3 is 0 Å². The SMILES string of the molecule is CCCCNc1ncnc2c1sc1nc(-c3ccccc3)c3c(c12)CCCC3. The molecule has 1 N–H and O–H groups in total. The standard InChI is InChI=1S/C23H24N4S/c1-2-3-13-24-22-21-20(25-14-26-22)18-16-11-7-8-12-17(16)19(27-23(18)28-21)15-9-5-4-6-10-15/h4-6,9-10,14H,2-3,7-8,11-13H2,1H3,(H,24,25,26). The van der Waals surface area contributed by atoms with E-state index in [1.807, 2.05) is 0 Å². The van der Waals surface area contributed by atoms with Crippen LogP contribution in [0.5, 0.6) is 0 Å². The highest BCUT2D eigenvalue weighted by Crippen LogP contribution is 2.42. The minimum absolute atomic E-state index is 0.942. The Hall–Kier alpha value is -2.53. The van der Waals surface area contributed by atoms with Gasteiger partial charge in [0, 0.05) is 17.5 Å². The van der Waals surface area contributed by atoms with Crippen LogP contribution in [0.1, 0.15) is 43.7 Å². The lowest BCUT2D eigenvalue weighted by Gasteiger charge is -2.20. The number of nitrogens with one attached hydrogen (secondary N) is 1. The quantitative estimate of drug-likeness (QED) is 0.426. The molecule has 0 fully saturated rings. The Kier molecular flexibility index (Phi) is 4.69. The fourth-order valence-electron chi connectivity index (χ4n) is 4.20. The van der Waals surface area contributed by atoms with Crippen LogP contribution in [-0.2, 0) is 12.8 Å². The van der Waals surface area contributed by atoms with Crippen molar-refractivity contribution in [3.8, 4) is 11.3 Å². The lowest BCUT2D eigenvalue weighted by atomic mass is 9.87. The highest BCUT2D eigenvalue weighted by atomic mass is 32.1. The zero-order valence-corrected chi connectivity index (χ0v) is 17.0. The molecule has 1 aromatic carbocycles. The summed E-state index contributed by atoms with van der Waals surface area (Å²) in [5.41, 5.74) is 6.32. The molecule has 142 valence electrons. The first-order valence-electron chi connectivity index (χ1n) is 10.2. The van der Waals surface area contributed by atoms with Crippen molar-refractivity contribution >= 4 is 37.6 Å². The molecule has 0 spiro atoms. The summed E-state index contributed by atoms with van der Waals surface area (Å²) in [5, 5.41) is 4.77. The van der Waals surface area contributed by atoms with Crippen LogP contribution >= 0.6 is 11.3 Å². The van der Waals surface area contributed by atoms with Crippen LogP contribution < -0.4 is 5.32 Å². The third-order valence-corrected chi connectivity index (χ3v) is 6.67. The monoisotopic (exact) mass is 388 g/mol. The molecule has 4 nitrogen and oxygen atoms in total. The van der Waals surface area contributed by atoms with E-state index in [2.05, 4.69) is 52.5 Å². The molecule has 0 unspecified atom stereocenters. The number of fused-ring (bicyclic) bond motifs is 5. The molecule has 0 saturated carbocycles. The maximum atomic E-state index is 5.16. The molecule has 5 rings (SSSR count). The van der Waals surface area contributed by atoms with Gasteiger partial charge in [0.2, 0.25) is 0 Å². The van der Waals surface area contributed by atoms with E-state index in [9.17, 15) is 0 Å². The summed E-state index contributed by atoms with van der Waals surface area (Å²) in [6, 6.07) is 10.6. The van der Waals surface area contributed by atoms with Crippen molar-refractivity contribution in [1.29, 1.82) is 0 Å². The summed E-state index contributed by atoms with van der Waals surface area (Å²) in [6.45, 7) is 3.15. The highest BCUT2D eigenvalue weighted by Gasteiger charge is 2.23. The zero-order chi connectivity index (χ0) is 18.9. The van der Waals surface area contributed by atoms with Crippen molar-refractivity contribution in [2.24, 2.45) is 0 Å². The van der Waals surface area contributed by atoms with Gasteiger partial charge in [-0.05, 0) is 43.2 Å². The molecule has 1 aliphatic rings. The number of aromatic nitrogens is 3. The van der Waals surface area contributed by atoms with Crippen LogP contribution in [0.3, 0.4) is 0 Å². The molecule has 3 heterocycles. The average Bonchev–Trinajstić information content (AvgIpc) is 3.14. The normalized spacial score (nSPS) is 13.8. The molecule has 3 aromatic heterocycles. The van der Waals surface area contributed by atoms with Gasteiger partial charge in [-0.1, -0.05) is 43.7 Å². The first-order chi connectivity index (χ1) is 13.9. The Balaban J connectivity index is 1.75. The maximum Gasteiger partial charge on any atom is 0.147 e. The van der Waals surface area contributed by atoms with E-state index in [1.54, 1.807) is 17.7 Å². The van der Waals surface area contributed by atoms with E-state index in [0.717, 1.165) is 52.4 Å². The number of hydrogen-bond acceptors (Lipinski definition) is 5.